The number of anilines is 1. The molecular formula is C24H25BrN2O3. The van der Waals surface area contributed by atoms with E-state index in [1.807, 2.05) is 73.8 Å². The summed E-state index contributed by atoms with van der Waals surface area (Å²) in [4.78, 5) is 15.8. The van der Waals surface area contributed by atoms with Gasteiger partial charge in [-0.15, -0.1) is 0 Å². The Morgan fingerprint density at radius 2 is 1.83 bits per heavy atom. The number of pyridine rings is 1. The lowest BCUT2D eigenvalue weighted by Crippen LogP contribution is -2.09. The summed E-state index contributed by atoms with van der Waals surface area (Å²) in [7, 11) is 1.85. The fraction of sp³-hybridized carbons (Fsp3) is 0.250. The summed E-state index contributed by atoms with van der Waals surface area (Å²) in [5, 5.41) is 12.3. The molecule has 0 saturated heterocycles. The molecule has 1 unspecified atom stereocenters. The Kier molecular flexibility index (Phi) is 7.85. The quantitative estimate of drug-likeness (QED) is 0.421. The molecule has 156 valence electrons. The molecule has 3 aromatic rings. The molecule has 0 radical (unpaired) electrons. The summed E-state index contributed by atoms with van der Waals surface area (Å²) in [6.07, 6.45) is 1.48. The van der Waals surface area contributed by atoms with Crippen LogP contribution < -0.4 is 10.1 Å². The molecule has 0 aliphatic heterocycles. The zero-order valence-corrected chi connectivity index (χ0v) is 18.4. The van der Waals surface area contributed by atoms with E-state index in [2.05, 4.69) is 26.2 Å². The van der Waals surface area contributed by atoms with Gasteiger partial charge in [-0.3, -0.25) is 4.79 Å². The molecule has 2 N–H and O–H groups in total. The first kappa shape index (κ1) is 21.8. The molecule has 0 amide bonds. The predicted molar refractivity (Wildman–Crippen MR) is 122 cm³/mol. The molecule has 0 saturated carbocycles. The average Bonchev–Trinajstić information content (AvgIpc) is 2.75. The van der Waals surface area contributed by atoms with Crippen molar-refractivity contribution >= 4 is 27.7 Å². The smallest absolute Gasteiger partial charge is 0.303 e. The van der Waals surface area contributed by atoms with Gasteiger partial charge in [0.1, 0.15) is 11.6 Å². The van der Waals surface area contributed by atoms with Crippen LogP contribution in [0.1, 0.15) is 29.2 Å². The van der Waals surface area contributed by atoms with Crippen molar-refractivity contribution in [3.8, 4) is 5.75 Å². The van der Waals surface area contributed by atoms with Gasteiger partial charge < -0.3 is 15.2 Å². The molecule has 0 spiro atoms. The van der Waals surface area contributed by atoms with Crippen molar-refractivity contribution in [2.75, 3.05) is 19.0 Å². The predicted octanol–water partition coefficient (Wildman–Crippen LogP) is 5.31. The number of hydrogen-bond acceptors (Lipinski definition) is 4. The van der Waals surface area contributed by atoms with E-state index in [-0.39, 0.29) is 12.3 Å². The zero-order valence-electron chi connectivity index (χ0n) is 16.8. The maximum atomic E-state index is 11.3. The van der Waals surface area contributed by atoms with E-state index in [1.54, 1.807) is 0 Å². The van der Waals surface area contributed by atoms with E-state index < -0.39 is 5.97 Å². The van der Waals surface area contributed by atoms with Crippen LogP contribution in [-0.2, 0) is 17.6 Å². The first-order chi connectivity index (χ1) is 14.5. The number of benzene rings is 2. The molecule has 0 aliphatic rings. The van der Waals surface area contributed by atoms with Gasteiger partial charge in [0.25, 0.3) is 0 Å². The van der Waals surface area contributed by atoms with E-state index in [0.29, 0.717) is 13.0 Å². The van der Waals surface area contributed by atoms with Crippen molar-refractivity contribution in [1.29, 1.82) is 0 Å². The van der Waals surface area contributed by atoms with E-state index in [9.17, 15) is 9.90 Å². The van der Waals surface area contributed by atoms with Crippen LogP contribution in [0.3, 0.4) is 0 Å². The highest BCUT2D eigenvalue weighted by Gasteiger charge is 2.16. The number of hydrogen-bond donors (Lipinski definition) is 2. The van der Waals surface area contributed by atoms with Crippen molar-refractivity contribution in [2.24, 2.45) is 0 Å². The van der Waals surface area contributed by atoms with Crippen molar-refractivity contribution in [1.82, 2.24) is 4.98 Å². The minimum absolute atomic E-state index is 0.0760. The number of nitrogens with zero attached hydrogens (tertiary/aromatic N) is 1. The van der Waals surface area contributed by atoms with Gasteiger partial charge in [-0.05, 0) is 59.9 Å². The highest BCUT2D eigenvalue weighted by molar-refractivity contribution is 9.10. The van der Waals surface area contributed by atoms with Gasteiger partial charge in [-0.25, -0.2) is 4.98 Å². The van der Waals surface area contributed by atoms with Crippen LogP contribution >= 0.6 is 15.9 Å². The van der Waals surface area contributed by atoms with Crippen LogP contribution in [0.2, 0.25) is 0 Å². The van der Waals surface area contributed by atoms with Crippen LogP contribution in [0.25, 0.3) is 0 Å². The summed E-state index contributed by atoms with van der Waals surface area (Å²) in [6.45, 7) is 0.542. The molecule has 0 fully saturated rings. The second kappa shape index (κ2) is 10.8. The molecule has 1 aromatic heterocycles. The normalized spacial score (nSPS) is 11.7. The van der Waals surface area contributed by atoms with E-state index in [4.69, 9.17) is 4.74 Å². The van der Waals surface area contributed by atoms with Gasteiger partial charge in [0.2, 0.25) is 0 Å². The molecule has 3 rings (SSSR count). The number of ether oxygens (including phenoxy) is 1. The molecule has 30 heavy (non-hydrogen) atoms. The van der Waals surface area contributed by atoms with Crippen molar-refractivity contribution < 1.29 is 14.6 Å². The van der Waals surface area contributed by atoms with Crippen molar-refractivity contribution in [3.05, 3.63) is 88.0 Å². The minimum atomic E-state index is -0.793. The largest absolute Gasteiger partial charge is 0.493 e. The van der Waals surface area contributed by atoms with Gasteiger partial charge in [-0.2, -0.15) is 0 Å². The number of carboxylic acid groups (broad SMARTS) is 1. The number of rotatable bonds is 10. The topological polar surface area (TPSA) is 71.5 Å². The molecule has 0 aliphatic carbocycles. The molecule has 1 heterocycles. The zero-order chi connectivity index (χ0) is 21.3. The molecule has 1 atom stereocenters. The van der Waals surface area contributed by atoms with Gasteiger partial charge in [0.05, 0.1) is 13.0 Å². The number of carboxylic acids is 1. The summed E-state index contributed by atoms with van der Waals surface area (Å²) in [5.74, 6) is 0.771. The summed E-state index contributed by atoms with van der Waals surface area (Å²) < 4.78 is 6.83. The third-order valence-electron chi connectivity index (χ3n) is 4.86. The number of halogens is 1. The number of aromatic nitrogens is 1. The third kappa shape index (κ3) is 6.59. The highest BCUT2D eigenvalue weighted by Crippen LogP contribution is 2.27. The van der Waals surface area contributed by atoms with Crippen LogP contribution in [0, 0.1) is 0 Å². The van der Waals surface area contributed by atoms with E-state index in [1.165, 1.54) is 0 Å². The van der Waals surface area contributed by atoms with Crippen LogP contribution in [0.4, 0.5) is 5.82 Å². The Balaban J connectivity index is 1.58. The number of carbonyl (C=O) groups is 1. The van der Waals surface area contributed by atoms with E-state index >= 15 is 0 Å². The van der Waals surface area contributed by atoms with Crippen LogP contribution in [0.5, 0.6) is 5.75 Å². The molecular weight excluding hydrogens is 444 g/mol. The Hall–Kier alpha value is -2.86. The average molecular weight is 469 g/mol. The third-order valence-corrected chi connectivity index (χ3v) is 5.39. The summed E-state index contributed by atoms with van der Waals surface area (Å²) >= 11 is 3.43. The lowest BCUT2D eigenvalue weighted by atomic mass is 9.89. The van der Waals surface area contributed by atoms with Gasteiger partial charge in [-0.1, -0.05) is 46.3 Å². The Bertz CT molecular complexity index is 959. The molecule has 2 aromatic carbocycles. The van der Waals surface area contributed by atoms with Crippen molar-refractivity contribution in [2.45, 2.75) is 25.2 Å². The molecule has 5 nitrogen and oxygen atoms in total. The fourth-order valence-electron chi connectivity index (χ4n) is 3.29. The van der Waals surface area contributed by atoms with Crippen LogP contribution in [-0.4, -0.2) is 29.7 Å². The first-order valence-corrected chi connectivity index (χ1v) is 10.7. The lowest BCUT2D eigenvalue weighted by Gasteiger charge is -2.16. The van der Waals surface area contributed by atoms with Gasteiger partial charge >= 0.3 is 5.97 Å². The maximum absolute atomic E-state index is 11.3. The fourth-order valence-corrected chi connectivity index (χ4v) is 3.56. The highest BCUT2D eigenvalue weighted by atomic mass is 79.9. The minimum Gasteiger partial charge on any atom is -0.493 e. The standard InChI is InChI=1S/C24H25BrN2O3/c1-26-23-4-2-3-21(27-23)13-14-30-22-11-5-17(6-12-22)15-19(16-24(28)29)18-7-9-20(25)10-8-18/h2-12,19H,13-16H2,1H3,(H,26,27)(H,28,29). The summed E-state index contributed by atoms with van der Waals surface area (Å²) in [6, 6.07) is 21.6. The summed E-state index contributed by atoms with van der Waals surface area (Å²) in [5.41, 5.74) is 3.08. The first-order valence-electron chi connectivity index (χ1n) is 9.86. The lowest BCUT2D eigenvalue weighted by molar-refractivity contribution is -0.137. The van der Waals surface area contributed by atoms with Crippen LogP contribution in [0.15, 0.2) is 71.2 Å². The number of aliphatic carboxylic acids is 1. The SMILES string of the molecule is CNc1cccc(CCOc2ccc(CC(CC(=O)O)c3ccc(Br)cc3)cc2)n1. The number of nitrogens with one attached hydrogen (secondary N) is 1. The van der Waals surface area contributed by atoms with E-state index in [0.717, 1.165) is 39.3 Å². The molecule has 6 heteroatoms. The Morgan fingerprint density at radius 3 is 2.50 bits per heavy atom. The van der Waals surface area contributed by atoms with Gasteiger partial charge in [0, 0.05) is 23.6 Å². The molecule has 0 bridgehead atoms. The van der Waals surface area contributed by atoms with Gasteiger partial charge in [0.15, 0.2) is 0 Å². The second-order valence-electron chi connectivity index (χ2n) is 7.06. The monoisotopic (exact) mass is 468 g/mol. The Labute approximate surface area is 185 Å². The second-order valence-corrected chi connectivity index (χ2v) is 7.97. The van der Waals surface area contributed by atoms with Crippen molar-refractivity contribution in [3.63, 3.8) is 0 Å². The Morgan fingerprint density at radius 1 is 1.10 bits per heavy atom. The maximum Gasteiger partial charge on any atom is 0.303 e.